The largest absolute Gasteiger partial charge is 0.527 e. The predicted octanol–water partition coefficient (Wildman–Crippen LogP) is 2.79. The summed E-state index contributed by atoms with van der Waals surface area (Å²) in [7, 11) is 0. The van der Waals surface area contributed by atoms with Crippen LogP contribution in [0.5, 0.6) is 0 Å². The number of alkyl halides is 7. The minimum absolute atomic E-state index is 0.184. The van der Waals surface area contributed by atoms with Crippen molar-refractivity contribution >= 4 is 0 Å². The topological polar surface area (TPSA) is 18.5 Å². The summed E-state index contributed by atoms with van der Waals surface area (Å²) in [5, 5.41) is 0. The Bertz CT molecular complexity index is 199. The van der Waals surface area contributed by atoms with Gasteiger partial charge in [-0.05, 0) is 0 Å². The molecule has 0 radical (unpaired) electrons. The van der Waals surface area contributed by atoms with Crippen molar-refractivity contribution in [3.05, 3.63) is 0 Å². The third kappa shape index (κ3) is 4.65. The summed E-state index contributed by atoms with van der Waals surface area (Å²) in [6.45, 7) is -2.89. The van der Waals surface area contributed by atoms with Gasteiger partial charge in [-0.3, -0.25) is 0 Å². The second-order valence-electron chi connectivity index (χ2n) is 2.51. The average molecular weight is 244 g/mol. The number of rotatable bonds is 5. The van der Waals surface area contributed by atoms with Crippen LogP contribution in [0.3, 0.4) is 0 Å². The Morgan fingerprint density at radius 2 is 1.47 bits per heavy atom. The van der Waals surface area contributed by atoms with Gasteiger partial charge in [0.05, 0.1) is 6.61 Å². The van der Waals surface area contributed by atoms with E-state index in [4.69, 9.17) is 0 Å². The molecule has 0 heterocycles. The molecule has 0 rings (SSSR count). The third-order valence-electron chi connectivity index (χ3n) is 1.14. The van der Waals surface area contributed by atoms with Crippen LogP contribution in [-0.4, -0.2) is 31.6 Å². The molecule has 0 fully saturated rings. The van der Waals surface area contributed by atoms with E-state index in [9.17, 15) is 30.7 Å². The molecular weight excluding hydrogens is 237 g/mol. The van der Waals surface area contributed by atoms with Gasteiger partial charge in [0.15, 0.2) is 0 Å². The lowest BCUT2D eigenvalue weighted by molar-refractivity contribution is -0.494. The Hall–Kier alpha value is -0.570. The quantitative estimate of drug-likeness (QED) is 0.546. The summed E-state index contributed by atoms with van der Waals surface area (Å²) in [6, 6.07) is -4.72. The van der Waals surface area contributed by atoms with Crippen molar-refractivity contribution in [2.75, 3.05) is 13.3 Å². The van der Waals surface area contributed by atoms with Crippen LogP contribution in [0.4, 0.5) is 30.7 Å². The van der Waals surface area contributed by atoms with Gasteiger partial charge in [-0.2, -0.15) is 13.2 Å². The predicted molar refractivity (Wildman–Crippen MR) is 33.5 cm³/mol. The zero-order valence-electron chi connectivity index (χ0n) is 7.38. The standard InChI is InChI=1S/C6H7F7O2/c1-4(8,9)5(10,14-3-2-7)15-6(11,12)13/h2-3H2,1H3. The first-order chi connectivity index (χ1) is 6.52. The molecule has 0 saturated carbocycles. The van der Waals surface area contributed by atoms with Crippen LogP contribution in [0.15, 0.2) is 0 Å². The molecule has 2 nitrogen and oxygen atoms in total. The van der Waals surface area contributed by atoms with E-state index >= 15 is 0 Å². The van der Waals surface area contributed by atoms with E-state index in [-0.39, 0.29) is 6.92 Å². The highest BCUT2D eigenvalue weighted by Crippen LogP contribution is 2.39. The summed E-state index contributed by atoms with van der Waals surface area (Å²) in [5.74, 6) is -4.59. The second-order valence-corrected chi connectivity index (χ2v) is 2.51. The van der Waals surface area contributed by atoms with Gasteiger partial charge in [-0.25, -0.2) is 9.13 Å². The first-order valence-electron chi connectivity index (χ1n) is 3.55. The minimum Gasteiger partial charge on any atom is -0.316 e. The lowest BCUT2D eigenvalue weighted by atomic mass is 10.3. The smallest absolute Gasteiger partial charge is 0.316 e. The maximum absolute atomic E-state index is 12.9. The second kappa shape index (κ2) is 4.52. The van der Waals surface area contributed by atoms with E-state index in [1.807, 2.05) is 0 Å². The fourth-order valence-corrected chi connectivity index (χ4v) is 0.564. The van der Waals surface area contributed by atoms with E-state index < -0.39 is 31.6 Å². The summed E-state index contributed by atoms with van der Waals surface area (Å²) in [5.41, 5.74) is 0. The molecule has 0 aliphatic carbocycles. The van der Waals surface area contributed by atoms with E-state index in [1.165, 1.54) is 0 Å². The highest BCUT2D eigenvalue weighted by atomic mass is 19.4. The van der Waals surface area contributed by atoms with Gasteiger partial charge in [0, 0.05) is 6.92 Å². The molecule has 9 heteroatoms. The van der Waals surface area contributed by atoms with Gasteiger partial charge in [0.25, 0.3) is 0 Å². The Labute approximate surface area is 79.9 Å². The SMILES string of the molecule is CC(F)(F)C(F)(OCCF)OC(F)(F)F. The first kappa shape index (κ1) is 14.4. The number of halogens is 7. The van der Waals surface area contributed by atoms with Crippen LogP contribution in [0.2, 0.25) is 0 Å². The molecule has 15 heavy (non-hydrogen) atoms. The number of hydrogen-bond acceptors (Lipinski definition) is 2. The van der Waals surface area contributed by atoms with E-state index in [0.29, 0.717) is 0 Å². The molecule has 0 aromatic rings. The van der Waals surface area contributed by atoms with Crippen molar-refractivity contribution in [3.63, 3.8) is 0 Å². The molecule has 92 valence electrons. The van der Waals surface area contributed by atoms with Crippen molar-refractivity contribution < 1.29 is 40.2 Å². The van der Waals surface area contributed by atoms with Crippen LogP contribution in [0.25, 0.3) is 0 Å². The van der Waals surface area contributed by atoms with Gasteiger partial charge in [-0.15, -0.1) is 13.2 Å². The Morgan fingerprint density at radius 1 is 1.00 bits per heavy atom. The van der Waals surface area contributed by atoms with Crippen LogP contribution in [0.1, 0.15) is 6.92 Å². The average Bonchev–Trinajstić information content (AvgIpc) is 1.95. The molecule has 1 atom stereocenters. The van der Waals surface area contributed by atoms with E-state index in [2.05, 4.69) is 9.47 Å². The van der Waals surface area contributed by atoms with Gasteiger partial charge < -0.3 is 4.74 Å². The Morgan fingerprint density at radius 3 is 1.73 bits per heavy atom. The molecule has 0 amide bonds. The maximum atomic E-state index is 12.9. The van der Waals surface area contributed by atoms with Crippen LogP contribution in [0, 0.1) is 0 Å². The van der Waals surface area contributed by atoms with Crippen molar-refractivity contribution in [3.8, 4) is 0 Å². The first-order valence-corrected chi connectivity index (χ1v) is 3.55. The normalized spacial score (nSPS) is 17.6. The molecule has 0 aromatic carbocycles. The lowest BCUT2D eigenvalue weighted by Gasteiger charge is -2.30. The van der Waals surface area contributed by atoms with E-state index in [1.54, 1.807) is 0 Å². The van der Waals surface area contributed by atoms with Crippen LogP contribution >= 0.6 is 0 Å². The summed E-state index contributed by atoms with van der Waals surface area (Å²) in [6.07, 6.45) is -5.66. The zero-order valence-corrected chi connectivity index (χ0v) is 7.38. The van der Waals surface area contributed by atoms with Crippen LogP contribution in [-0.2, 0) is 9.47 Å². The molecule has 0 bridgehead atoms. The van der Waals surface area contributed by atoms with Crippen molar-refractivity contribution in [1.29, 1.82) is 0 Å². The molecule has 0 saturated heterocycles. The fraction of sp³-hybridized carbons (Fsp3) is 1.00. The molecule has 0 aliphatic heterocycles. The summed E-state index contributed by atoms with van der Waals surface area (Å²) in [4.78, 5) is 0. The lowest BCUT2D eigenvalue weighted by Crippen LogP contribution is -2.50. The summed E-state index contributed by atoms with van der Waals surface area (Å²) >= 11 is 0. The van der Waals surface area contributed by atoms with Gasteiger partial charge in [0.1, 0.15) is 6.67 Å². The van der Waals surface area contributed by atoms with Crippen LogP contribution < -0.4 is 0 Å². The fourth-order valence-electron chi connectivity index (χ4n) is 0.564. The Balaban J connectivity index is 4.71. The molecule has 1 unspecified atom stereocenters. The maximum Gasteiger partial charge on any atom is 0.527 e. The van der Waals surface area contributed by atoms with Crippen molar-refractivity contribution in [2.24, 2.45) is 0 Å². The van der Waals surface area contributed by atoms with Gasteiger partial charge in [0.2, 0.25) is 0 Å². The van der Waals surface area contributed by atoms with E-state index in [0.717, 1.165) is 0 Å². The highest BCUT2D eigenvalue weighted by Gasteiger charge is 2.60. The number of hydrogen-bond donors (Lipinski definition) is 0. The minimum atomic E-state index is -5.66. The number of ether oxygens (including phenoxy) is 2. The monoisotopic (exact) mass is 244 g/mol. The van der Waals surface area contributed by atoms with Crippen molar-refractivity contribution in [1.82, 2.24) is 0 Å². The molecule has 0 aromatic heterocycles. The third-order valence-corrected chi connectivity index (χ3v) is 1.14. The molecule has 0 N–H and O–H groups in total. The molecular formula is C6H7F7O2. The van der Waals surface area contributed by atoms with Crippen molar-refractivity contribution in [2.45, 2.75) is 25.2 Å². The zero-order chi connectivity index (χ0) is 12.3. The van der Waals surface area contributed by atoms with Gasteiger partial charge >= 0.3 is 18.3 Å². The van der Waals surface area contributed by atoms with Gasteiger partial charge in [-0.1, -0.05) is 0 Å². The molecule has 0 spiro atoms. The Kier molecular flexibility index (Phi) is 4.35. The summed E-state index contributed by atoms with van der Waals surface area (Å²) < 4.78 is 89.6. The molecule has 0 aliphatic rings. The highest BCUT2D eigenvalue weighted by molar-refractivity contribution is 4.73.